The highest BCUT2D eigenvalue weighted by molar-refractivity contribution is 5.94. The predicted molar refractivity (Wildman–Crippen MR) is 55.7 cm³/mol. The smallest absolute Gasteiger partial charge is 0.165 e. The molecule has 1 aliphatic rings. The topological polar surface area (TPSA) is 46.3 Å². The molecule has 0 aromatic carbocycles. The van der Waals surface area contributed by atoms with Crippen molar-refractivity contribution in [3.63, 3.8) is 0 Å². The molecule has 4 nitrogen and oxygen atoms in total. The summed E-state index contributed by atoms with van der Waals surface area (Å²) in [5, 5.41) is 3.73. The van der Waals surface area contributed by atoms with Crippen LogP contribution in [0.15, 0.2) is 10.7 Å². The Morgan fingerprint density at radius 3 is 3.20 bits per heavy atom. The fourth-order valence-corrected chi connectivity index (χ4v) is 2.25. The zero-order valence-electron chi connectivity index (χ0n) is 9.19. The van der Waals surface area contributed by atoms with Crippen LogP contribution in [-0.2, 0) is 0 Å². The van der Waals surface area contributed by atoms with Gasteiger partial charge in [0.05, 0.1) is 17.8 Å². The van der Waals surface area contributed by atoms with Gasteiger partial charge in [0.15, 0.2) is 11.5 Å². The van der Waals surface area contributed by atoms with Crippen LogP contribution in [-0.4, -0.2) is 28.9 Å². The lowest BCUT2D eigenvalue weighted by molar-refractivity contribution is 0.101. The fraction of sp³-hybridized carbons (Fsp3) is 0.636. The van der Waals surface area contributed by atoms with Crippen LogP contribution in [0.3, 0.4) is 0 Å². The number of Topliss-reactive ketones (excluding diaryl/α,β-unsaturated/α-hetero) is 1. The molecule has 4 heteroatoms. The molecule has 2 heterocycles. The average Bonchev–Trinajstić information content (AvgIpc) is 2.85. The van der Waals surface area contributed by atoms with Crippen molar-refractivity contribution in [2.45, 2.75) is 32.7 Å². The van der Waals surface area contributed by atoms with Crippen molar-refractivity contribution in [2.24, 2.45) is 0 Å². The molecule has 1 aliphatic heterocycles. The Bertz CT molecular complexity index is 359. The molecule has 0 saturated carbocycles. The summed E-state index contributed by atoms with van der Waals surface area (Å²) in [6.07, 6.45) is 3.75. The van der Waals surface area contributed by atoms with E-state index in [2.05, 4.69) is 17.0 Å². The average molecular weight is 208 g/mol. The number of hydrogen-bond donors (Lipinski definition) is 0. The van der Waals surface area contributed by atoms with Crippen molar-refractivity contribution in [1.29, 1.82) is 0 Å². The minimum Gasteiger partial charge on any atom is -0.359 e. The molecule has 15 heavy (non-hydrogen) atoms. The van der Waals surface area contributed by atoms with E-state index < -0.39 is 0 Å². The Morgan fingerprint density at radius 2 is 2.53 bits per heavy atom. The second kappa shape index (κ2) is 4.14. The number of ketones is 1. The Kier molecular flexibility index (Phi) is 2.86. The lowest BCUT2D eigenvalue weighted by Crippen LogP contribution is -2.23. The van der Waals surface area contributed by atoms with Gasteiger partial charge in [-0.1, -0.05) is 12.1 Å². The highest BCUT2D eigenvalue weighted by atomic mass is 16.5. The molecular weight excluding hydrogens is 192 g/mol. The molecule has 1 aromatic rings. The van der Waals surface area contributed by atoms with Crippen LogP contribution >= 0.6 is 0 Å². The van der Waals surface area contributed by atoms with Crippen LogP contribution in [0.25, 0.3) is 0 Å². The number of hydrogen-bond acceptors (Lipinski definition) is 4. The summed E-state index contributed by atoms with van der Waals surface area (Å²) in [6, 6.07) is 0.247. The highest BCUT2D eigenvalue weighted by Gasteiger charge is 2.30. The maximum atomic E-state index is 11.4. The molecule has 0 amide bonds. The minimum absolute atomic E-state index is 0.0363. The first kappa shape index (κ1) is 10.4. The summed E-state index contributed by atoms with van der Waals surface area (Å²) in [4.78, 5) is 13.7. The largest absolute Gasteiger partial charge is 0.359 e. The van der Waals surface area contributed by atoms with Gasteiger partial charge >= 0.3 is 0 Å². The van der Waals surface area contributed by atoms with E-state index in [0.717, 1.165) is 31.7 Å². The first-order valence-electron chi connectivity index (χ1n) is 5.43. The van der Waals surface area contributed by atoms with Gasteiger partial charge in [-0.15, -0.1) is 0 Å². The van der Waals surface area contributed by atoms with E-state index in [9.17, 15) is 4.79 Å². The number of nitrogens with zero attached hydrogens (tertiary/aromatic N) is 2. The van der Waals surface area contributed by atoms with Crippen molar-refractivity contribution in [3.8, 4) is 0 Å². The van der Waals surface area contributed by atoms with Gasteiger partial charge in [0.2, 0.25) is 0 Å². The lowest BCUT2D eigenvalue weighted by atomic mass is 10.1. The molecule has 1 unspecified atom stereocenters. The van der Waals surface area contributed by atoms with Crippen LogP contribution in [0.4, 0.5) is 0 Å². The maximum absolute atomic E-state index is 11.4. The number of carbonyl (C=O) groups is 1. The second-order valence-electron chi connectivity index (χ2n) is 3.95. The van der Waals surface area contributed by atoms with Gasteiger partial charge in [0.1, 0.15) is 0 Å². The quantitative estimate of drug-likeness (QED) is 0.713. The first-order chi connectivity index (χ1) is 7.24. The van der Waals surface area contributed by atoms with Crippen molar-refractivity contribution >= 4 is 5.78 Å². The molecule has 2 rings (SSSR count). The van der Waals surface area contributed by atoms with Crippen LogP contribution in [0.2, 0.25) is 0 Å². The van der Waals surface area contributed by atoms with E-state index in [-0.39, 0.29) is 11.8 Å². The molecule has 0 N–H and O–H groups in total. The molecule has 0 aliphatic carbocycles. The summed E-state index contributed by atoms with van der Waals surface area (Å²) >= 11 is 0. The summed E-state index contributed by atoms with van der Waals surface area (Å²) in [7, 11) is 0. The second-order valence-corrected chi connectivity index (χ2v) is 3.95. The third kappa shape index (κ3) is 1.81. The predicted octanol–water partition coefficient (Wildman–Crippen LogP) is 2.03. The standard InChI is InChI=1S/C11H16N2O2/c1-3-13-6-4-5-10(13)11-9(8(2)14)7-12-15-11/h7,10H,3-6H2,1-2H3. The molecule has 82 valence electrons. The molecule has 1 atom stereocenters. The SMILES string of the molecule is CCN1CCCC1c1oncc1C(C)=O. The van der Waals surface area contributed by atoms with Gasteiger partial charge in [-0.25, -0.2) is 0 Å². The van der Waals surface area contributed by atoms with E-state index >= 15 is 0 Å². The molecule has 1 saturated heterocycles. The van der Waals surface area contributed by atoms with Crippen LogP contribution in [0.1, 0.15) is 48.8 Å². The molecule has 0 bridgehead atoms. The van der Waals surface area contributed by atoms with Crippen molar-refractivity contribution in [1.82, 2.24) is 10.1 Å². The van der Waals surface area contributed by atoms with Gasteiger partial charge < -0.3 is 4.52 Å². The Balaban J connectivity index is 2.28. The first-order valence-corrected chi connectivity index (χ1v) is 5.43. The molecular formula is C11H16N2O2. The highest BCUT2D eigenvalue weighted by Crippen LogP contribution is 2.33. The normalized spacial score (nSPS) is 22.1. The maximum Gasteiger partial charge on any atom is 0.165 e. The van der Waals surface area contributed by atoms with Gasteiger partial charge in [0, 0.05) is 0 Å². The number of aromatic nitrogens is 1. The summed E-state index contributed by atoms with van der Waals surface area (Å²) in [5.41, 5.74) is 0.639. The van der Waals surface area contributed by atoms with E-state index in [0.29, 0.717) is 5.56 Å². The van der Waals surface area contributed by atoms with E-state index in [1.54, 1.807) is 6.92 Å². The molecule has 1 fully saturated rings. The van der Waals surface area contributed by atoms with Crippen LogP contribution < -0.4 is 0 Å². The molecule has 0 spiro atoms. The zero-order valence-corrected chi connectivity index (χ0v) is 9.19. The van der Waals surface area contributed by atoms with Crippen LogP contribution in [0, 0.1) is 0 Å². The fourth-order valence-electron chi connectivity index (χ4n) is 2.25. The van der Waals surface area contributed by atoms with Crippen molar-refractivity contribution < 1.29 is 9.32 Å². The molecule has 1 aromatic heterocycles. The third-order valence-electron chi connectivity index (χ3n) is 3.05. The number of rotatable bonds is 3. The van der Waals surface area contributed by atoms with Crippen LogP contribution in [0.5, 0.6) is 0 Å². The summed E-state index contributed by atoms with van der Waals surface area (Å²) < 4.78 is 5.23. The zero-order chi connectivity index (χ0) is 10.8. The Hall–Kier alpha value is -1.16. The van der Waals surface area contributed by atoms with Crippen molar-refractivity contribution in [3.05, 3.63) is 17.5 Å². The Labute approximate surface area is 89.2 Å². The third-order valence-corrected chi connectivity index (χ3v) is 3.05. The summed E-state index contributed by atoms with van der Waals surface area (Å²) in [6.45, 7) is 5.76. The van der Waals surface area contributed by atoms with Crippen molar-refractivity contribution in [2.75, 3.05) is 13.1 Å². The summed E-state index contributed by atoms with van der Waals surface area (Å²) in [5.74, 6) is 0.788. The minimum atomic E-state index is 0.0363. The van der Waals surface area contributed by atoms with Gasteiger partial charge in [-0.05, 0) is 32.9 Å². The van der Waals surface area contributed by atoms with E-state index in [1.165, 1.54) is 6.20 Å². The molecule has 0 radical (unpaired) electrons. The Morgan fingerprint density at radius 1 is 1.73 bits per heavy atom. The number of likely N-dealkylation sites (tertiary alicyclic amines) is 1. The van der Waals surface area contributed by atoms with Gasteiger partial charge in [-0.2, -0.15) is 0 Å². The monoisotopic (exact) mass is 208 g/mol. The van der Waals surface area contributed by atoms with E-state index in [4.69, 9.17) is 4.52 Å². The van der Waals surface area contributed by atoms with Gasteiger partial charge in [0.25, 0.3) is 0 Å². The lowest BCUT2D eigenvalue weighted by Gasteiger charge is -2.20. The number of carbonyl (C=O) groups excluding carboxylic acids is 1. The van der Waals surface area contributed by atoms with Gasteiger partial charge in [-0.3, -0.25) is 9.69 Å². The van der Waals surface area contributed by atoms with E-state index in [1.807, 2.05) is 0 Å².